The third-order valence-corrected chi connectivity index (χ3v) is 5.82. The molecule has 8 nitrogen and oxygen atoms in total. The van der Waals surface area contributed by atoms with Crippen LogP contribution in [0.15, 0.2) is 48.8 Å². The van der Waals surface area contributed by atoms with E-state index in [-0.39, 0.29) is 16.6 Å². The highest BCUT2D eigenvalue weighted by Gasteiger charge is 2.20. The van der Waals surface area contributed by atoms with Crippen LogP contribution in [0.25, 0.3) is 10.6 Å². The maximum atomic E-state index is 12.7. The van der Waals surface area contributed by atoms with Gasteiger partial charge in [-0.05, 0) is 49.1 Å². The summed E-state index contributed by atoms with van der Waals surface area (Å²) in [5, 5.41) is 12.8. The first-order valence-electron chi connectivity index (χ1n) is 10.1. The Bertz CT molecular complexity index is 1090. The smallest absolute Gasteiger partial charge is 0.357 e. The van der Waals surface area contributed by atoms with E-state index in [1.807, 2.05) is 12.1 Å². The average molecular weight is 453 g/mol. The normalized spacial score (nSPS) is 10.6. The number of hydrogen-bond donors (Lipinski definition) is 2. The van der Waals surface area contributed by atoms with Crippen LogP contribution < -0.4 is 5.32 Å². The number of thiazole rings is 1. The molecule has 0 aliphatic carbocycles. The number of rotatable bonds is 9. The number of nitrogens with one attached hydrogen (secondary N) is 1. The van der Waals surface area contributed by atoms with Crippen molar-refractivity contribution in [1.82, 2.24) is 14.9 Å². The fourth-order valence-electron chi connectivity index (χ4n) is 2.99. The van der Waals surface area contributed by atoms with Gasteiger partial charge in [0.1, 0.15) is 10.0 Å². The number of aryl methyl sites for hydroxylation is 1. The second-order valence-electron chi connectivity index (χ2n) is 7.38. The molecule has 0 radical (unpaired) electrons. The second kappa shape index (κ2) is 10.6. The lowest BCUT2D eigenvalue weighted by molar-refractivity contribution is -0.128. The van der Waals surface area contributed by atoms with E-state index in [1.165, 1.54) is 0 Å². The fraction of sp³-hybridized carbons (Fsp3) is 0.261. The van der Waals surface area contributed by atoms with Crippen LogP contribution in [-0.4, -0.2) is 51.9 Å². The van der Waals surface area contributed by atoms with Crippen molar-refractivity contribution in [3.63, 3.8) is 0 Å². The van der Waals surface area contributed by atoms with Gasteiger partial charge < -0.3 is 15.3 Å². The van der Waals surface area contributed by atoms with Crippen LogP contribution in [0.4, 0.5) is 5.00 Å². The number of carboxylic acids is 1. The Morgan fingerprint density at radius 3 is 2.34 bits per heavy atom. The summed E-state index contributed by atoms with van der Waals surface area (Å²) in [4.78, 5) is 45.6. The lowest BCUT2D eigenvalue weighted by Crippen LogP contribution is -2.21. The number of nitrogens with zero attached hydrogens (tertiary/aromatic N) is 3. The summed E-state index contributed by atoms with van der Waals surface area (Å²) in [7, 11) is 3.50. The Balaban J connectivity index is 1.63. The van der Waals surface area contributed by atoms with Crippen LogP contribution in [0.1, 0.15) is 45.7 Å². The highest BCUT2D eigenvalue weighted by atomic mass is 32.1. The van der Waals surface area contributed by atoms with Crippen LogP contribution >= 0.6 is 11.3 Å². The molecule has 3 aromatic rings. The van der Waals surface area contributed by atoms with Crippen molar-refractivity contribution < 1.29 is 19.5 Å². The Kier molecular flexibility index (Phi) is 7.67. The first kappa shape index (κ1) is 23.1. The van der Waals surface area contributed by atoms with Crippen molar-refractivity contribution in [2.45, 2.75) is 25.7 Å². The Morgan fingerprint density at radius 1 is 1.03 bits per heavy atom. The van der Waals surface area contributed by atoms with Gasteiger partial charge in [-0.15, -0.1) is 0 Å². The third kappa shape index (κ3) is 5.98. The summed E-state index contributed by atoms with van der Waals surface area (Å²) in [6.45, 7) is 0. The van der Waals surface area contributed by atoms with E-state index in [0.29, 0.717) is 17.0 Å². The minimum Gasteiger partial charge on any atom is -0.476 e. The number of amides is 2. The molecule has 2 N–H and O–H groups in total. The van der Waals surface area contributed by atoms with Crippen LogP contribution in [0.3, 0.4) is 0 Å². The summed E-state index contributed by atoms with van der Waals surface area (Å²) in [5.74, 6) is -1.49. The molecule has 0 bridgehead atoms. The number of aromatic nitrogens is 2. The van der Waals surface area contributed by atoms with Gasteiger partial charge in [-0.2, -0.15) is 0 Å². The molecule has 0 unspecified atom stereocenters. The maximum absolute atomic E-state index is 12.7. The molecular formula is C23H24N4O4S. The zero-order valence-corrected chi connectivity index (χ0v) is 18.7. The number of anilines is 1. The minimum absolute atomic E-state index is 0.118. The van der Waals surface area contributed by atoms with Crippen LogP contribution in [0, 0.1) is 0 Å². The fourth-order valence-corrected chi connectivity index (χ4v) is 3.95. The summed E-state index contributed by atoms with van der Waals surface area (Å²) >= 11 is 1.10. The van der Waals surface area contributed by atoms with E-state index in [2.05, 4.69) is 15.3 Å². The molecule has 0 fully saturated rings. The van der Waals surface area contributed by atoms with Gasteiger partial charge >= 0.3 is 5.97 Å². The Labute approximate surface area is 189 Å². The van der Waals surface area contributed by atoms with Crippen molar-refractivity contribution in [1.29, 1.82) is 0 Å². The average Bonchev–Trinajstić information content (AvgIpc) is 3.21. The number of carbonyl (C=O) groups excluding carboxylic acids is 2. The van der Waals surface area contributed by atoms with E-state index >= 15 is 0 Å². The summed E-state index contributed by atoms with van der Waals surface area (Å²) in [6.07, 6.45) is 6.22. The van der Waals surface area contributed by atoms with Crippen LogP contribution in [0.5, 0.6) is 0 Å². The van der Waals surface area contributed by atoms with Gasteiger partial charge in [0.2, 0.25) is 5.91 Å². The van der Waals surface area contributed by atoms with Gasteiger partial charge in [-0.25, -0.2) is 9.78 Å². The number of carboxylic acid groups (broad SMARTS) is 1. The highest BCUT2D eigenvalue weighted by Crippen LogP contribution is 2.32. The van der Waals surface area contributed by atoms with Crippen molar-refractivity contribution in [3.05, 3.63) is 65.6 Å². The number of hydrogen-bond acceptors (Lipinski definition) is 6. The summed E-state index contributed by atoms with van der Waals surface area (Å²) < 4.78 is 0. The molecule has 32 heavy (non-hydrogen) atoms. The van der Waals surface area contributed by atoms with Crippen LogP contribution in [0.2, 0.25) is 0 Å². The highest BCUT2D eigenvalue weighted by molar-refractivity contribution is 7.19. The zero-order chi connectivity index (χ0) is 23.1. The molecule has 1 aromatic carbocycles. The van der Waals surface area contributed by atoms with Gasteiger partial charge in [-0.1, -0.05) is 23.5 Å². The van der Waals surface area contributed by atoms with Gasteiger partial charge in [-0.3, -0.25) is 14.6 Å². The van der Waals surface area contributed by atoms with E-state index in [1.54, 1.807) is 55.7 Å². The second-order valence-corrected chi connectivity index (χ2v) is 8.38. The van der Waals surface area contributed by atoms with E-state index < -0.39 is 11.9 Å². The Morgan fingerprint density at radius 2 is 1.72 bits per heavy atom. The summed E-state index contributed by atoms with van der Waals surface area (Å²) in [5.41, 5.74) is 2.03. The van der Waals surface area contributed by atoms with Gasteiger partial charge in [0.05, 0.1) is 0 Å². The quantitative estimate of drug-likeness (QED) is 0.475. The van der Waals surface area contributed by atoms with Crippen molar-refractivity contribution >= 4 is 34.1 Å². The lowest BCUT2D eigenvalue weighted by Gasteiger charge is -2.09. The predicted molar refractivity (Wildman–Crippen MR) is 123 cm³/mol. The predicted octanol–water partition coefficient (Wildman–Crippen LogP) is 3.96. The topological polar surface area (TPSA) is 112 Å². The number of benzene rings is 1. The van der Waals surface area contributed by atoms with Crippen molar-refractivity contribution in [2.75, 3.05) is 19.4 Å². The lowest BCUT2D eigenvalue weighted by atomic mass is 10.0. The third-order valence-electron chi connectivity index (χ3n) is 4.81. The summed E-state index contributed by atoms with van der Waals surface area (Å²) in [6, 6.07) is 10.6. The molecule has 0 saturated heterocycles. The molecule has 0 aliphatic rings. The molecule has 2 heterocycles. The standard InChI is InChI=1S/C23H24N4O4S/c1-27(2)18(28)6-4-3-5-15-7-9-16(10-8-15)20(29)26-22-19(23(30)31)25-21(32-22)17-11-13-24-14-12-17/h7-14H,3-6H2,1-2H3,(H,26,29)(H,30,31). The van der Waals surface area contributed by atoms with Crippen LogP contribution in [-0.2, 0) is 11.2 Å². The van der Waals surface area contributed by atoms with E-state index in [4.69, 9.17) is 0 Å². The molecule has 2 aromatic heterocycles. The van der Waals surface area contributed by atoms with Crippen molar-refractivity contribution in [2.24, 2.45) is 0 Å². The Hall–Kier alpha value is -3.59. The first-order chi connectivity index (χ1) is 15.3. The largest absolute Gasteiger partial charge is 0.476 e. The minimum atomic E-state index is -1.21. The molecule has 0 saturated carbocycles. The molecule has 166 valence electrons. The molecule has 3 rings (SSSR count). The number of carbonyl (C=O) groups is 3. The number of unbranched alkanes of at least 4 members (excludes halogenated alkanes) is 1. The molecule has 2 amide bonds. The van der Waals surface area contributed by atoms with Gasteiger partial charge in [0.15, 0.2) is 5.69 Å². The molecular weight excluding hydrogens is 428 g/mol. The van der Waals surface area contributed by atoms with Crippen molar-refractivity contribution in [3.8, 4) is 10.6 Å². The number of aromatic carboxylic acids is 1. The molecule has 0 aliphatic heterocycles. The monoisotopic (exact) mass is 452 g/mol. The molecule has 0 spiro atoms. The number of pyridine rings is 1. The first-order valence-corrected chi connectivity index (χ1v) is 10.9. The SMILES string of the molecule is CN(C)C(=O)CCCCc1ccc(C(=O)Nc2sc(-c3ccncc3)nc2C(=O)O)cc1. The molecule has 0 atom stereocenters. The zero-order valence-electron chi connectivity index (χ0n) is 17.9. The van der Waals surface area contributed by atoms with E-state index in [0.717, 1.165) is 41.7 Å². The maximum Gasteiger partial charge on any atom is 0.357 e. The molecule has 9 heteroatoms. The van der Waals surface area contributed by atoms with Gasteiger partial charge in [0, 0.05) is 44.0 Å². The van der Waals surface area contributed by atoms with E-state index in [9.17, 15) is 19.5 Å². The van der Waals surface area contributed by atoms with Gasteiger partial charge in [0.25, 0.3) is 5.91 Å².